The van der Waals surface area contributed by atoms with Crippen LogP contribution in [0.2, 0.25) is 0 Å². The van der Waals surface area contributed by atoms with E-state index in [1.807, 2.05) is 25.3 Å². The minimum absolute atomic E-state index is 0.00306. The summed E-state index contributed by atoms with van der Waals surface area (Å²) in [5, 5.41) is 11.8. The van der Waals surface area contributed by atoms with Crippen LogP contribution in [0.1, 0.15) is 41.8 Å². The second-order valence-electron chi connectivity index (χ2n) is 5.47. The van der Waals surface area contributed by atoms with Gasteiger partial charge in [0.2, 0.25) is 0 Å². The maximum atomic E-state index is 12.3. The molecule has 21 heavy (non-hydrogen) atoms. The zero-order valence-corrected chi connectivity index (χ0v) is 13.9. The predicted molar refractivity (Wildman–Crippen MR) is 89.7 cm³/mol. The molecule has 3 nitrogen and oxygen atoms in total. The molecule has 0 spiro atoms. The van der Waals surface area contributed by atoms with Crippen molar-refractivity contribution in [3.63, 3.8) is 0 Å². The third kappa shape index (κ3) is 5.82. The van der Waals surface area contributed by atoms with E-state index in [-0.39, 0.29) is 17.3 Å². The number of thioether (sulfide) groups is 1. The lowest BCUT2D eigenvalue weighted by Gasteiger charge is -2.22. The van der Waals surface area contributed by atoms with Crippen molar-refractivity contribution in [2.24, 2.45) is 0 Å². The number of amides is 1. The summed E-state index contributed by atoms with van der Waals surface area (Å²) in [6.07, 6.45) is 2.44. The van der Waals surface area contributed by atoms with Crippen LogP contribution in [0, 0.1) is 18.8 Å². The molecule has 4 heteroatoms. The van der Waals surface area contributed by atoms with Gasteiger partial charge in [0.15, 0.2) is 0 Å². The maximum Gasteiger partial charge on any atom is 0.252 e. The summed E-state index contributed by atoms with van der Waals surface area (Å²) in [5.74, 6) is 5.74. The van der Waals surface area contributed by atoms with Crippen LogP contribution in [-0.2, 0) is 0 Å². The van der Waals surface area contributed by atoms with Crippen LogP contribution < -0.4 is 5.32 Å². The molecule has 1 amide bonds. The average Bonchev–Trinajstić information content (AvgIpc) is 2.45. The number of carbonyl (C=O) groups excluding carboxylic acids is 1. The molecule has 0 saturated carbocycles. The number of aliphatic hydroxyl groups excluding tert-OH is 1. The van der Waals surface area contributed by atoms with Gasteiger partial charge in [0, 0.05) is 23.3 Å². The van der Waals surface area contributed by atoms with E-state index in [1.54, 1.807) is 17.8 Å². The lowest BCUT2D eigenvalue weighted by Crippen LogP contribution is -2.36. The average molecular weight is 305 g/mol. The Morgan fingerprint density at radius 2 is 2.14 bits per heavy atom. The van der Waals surface area contributed by atoms with Gasteiger partial charge in [0.25, 0.3) is 5.91 Å². The molecule has 0 aliphatic carbocycles. The van der Waals surface area contributed by atoms with Crippen molar-refractivity contribution in [3.8, 4) is 11.8 Å². The fourth-order valence-electron chi connectivity index (χ4n) is 1.63. The van der Waals surface area contributed by atoms with Crippen LogP contribution in [0.15, 0.2) is 18.2 Å². The molecule has 114 valence electrons. The summed E-state index contributed by atoms with van der Waals surface area (Å²) < 4.78 is 0.00306. The van der Waals surface area contributed by atoms with E-state index >= 15 is 0 Å². The second-order valence-corrected chi connectivity index (χ2v) is 6.98. The van der Waals surface area contributed by atoms with Crippen molar-refractivity contribution in [1.29, 1.82) is 0 Å². The lowest BCUT2D eigenvalue weighted by molar-refractivity contribution is 0.0950. The molecular formula is C17H23NO2S. The summed E-state index contributed by atoms with van der Waals surface area (Å²) in [6, 6.07) is 5.62. The number of aryl methyl sites for hydroxylation is 1. The molecule has 1 rings (SSSR count). The van der Waals surface area contributed by atoms with Crippen LogP contribution in [0.5, 0.6) is 0 Å². The molecule has 0 bridgehead atoms. The quantitative estimate of drug-likeness (QED) is 0.822. The van der Waals surface area contributed by atoms with Crippen LogP contribution in [0.3, 0.4) is 0 Å². The van der Waals surface area contributed by atoms with Gasteiger partial charge >= 0.3 is 0 Å². The summed E-state index contributed by atoms with van der Waals surface area (Å²) in [7, 11) is 0. The fourth-order valence-corrected chi connectivity index (χ4v) is 1.85. The number of rotatable bonds is 5. The first-order valence-corrected chi connectivity index (χ1v) is 8.16. The molecule has 1 aromatic carbocycles. The number of benzene rings is 1. The molecule has 0 aromatic heterocycles. The Balaban J connectivity index is 2.91. The van der Waals surface area contributed by atoms with Crippen molar-refractivity contribution in [2.75, 3.05) is 19.4 Å². The lowest BCUT2D eigenvalue weighted by atomic mass is 10.0. The summed E-state index contributed by atoms with van der Waals surface area (Å²) in [6.45, 7) is 6.78. The van der Waals surface area contributed by atoms with Crippen molar-refractivity contribution in [3.05, 3.63) is 34.9 Å². The molecule has 0 radical (unpaired) electrons. The monoisotopic (exact) mass is 305 g/mol. The molecule has 0 heterocycles. The van der Waals surface area contributed by atoms with E-state index in [9.17, 15) is 4.79 Å². The first-order valence-electron chi connectivity index (χ1n) is 6.93. The van der Waals surface area contributed by atoms with Gasteiger partial charge < -0.3 is 10.4 Å². The highest BCUT2D eigenvalue weighted by Gasteiger charge is 2.18. The van der Waals surface area contributed by atoms with E-state index in [1.165, 1.54) is 0 Å². The molecule has 0 aliphatic rings. The highest BCUT2D eigenvalue weighted by molar-refractivity contribution is 7.99. The highest BCUT2D eigenvalue weighted by Crippen LogP contribution is 2.20. The van der Waals surface area contributed by atoms with Crippen LogP contribution in [0.4, 0.5) is 0 Å². The molecule has 0 saturated heterocycles. The van der Waals surface area contributed by atoms with Gasteiger partial charge in [0.1, 0.15) is 0 Å². The smallest absolute Gasteiger partial charge is 0.252 e. The molecule has 0 unspecified atom stereocenters. The Bertz CT molecular complexity index is 556. The van der Waals surface area contributed by atoms with E-state index in [0.29, 0.717) is 24.1 Å². The number of aliphatic hydroxyl groups is 1. The number of nitrogens with one attached hydrogen (secondary N) is 1. The molecule has 1 aromatic rings. The van der Waals surface area contributed by atoms with Crippen molar-refractivity contribution >= 4 is 17.7 Å². The zero-order chi connectivity index (χ0) is 15.9. The SMILES string of the molecule is CSC(C)(C)CNC(=O)c1ccc(C)cc1C#CCCO. The molecule has 0 aliphatic heterocycles. The zero-order valence-electron chi connectivity index (χ0n) is 13.1. The van der Waals surface area contributed by atoms with Crippen LogP contribution in [-0.4, -0.2) is 35.2 Å². The largest absolute Gasteiger partial charge is 0.395 e. The number of hydrogen-bond donors (Lipinski definition) is 2. The molecular weight excluding hydrogens is 282 g/mol. The maximum absolute atomic E-state index is 12.3. The van der Waals surface area contributed by atoms with Gasteiger partial charge in [0.05, 0.1) is 12.2 Å². The van der Waals surface area contributed by atoms with Gasteiger partial charge in [-0.2, -0.15) is 11.8 Å². The Hall–Kier alpha value is -1.44. The van der Waals surface area contributed by atoms with Gasteiger partial charge in [-0.3, -0.25) is 4.79 Å². The minimum atomic E-state index is -0.106. The normalized spacial score (nSPS) is 10.7. The van der Waals surface area contributed by atoms with Gasteiger partial charge in [-0.25, -0.2) is 0 Å². The van der Waals surface area contributed by atoms with E-state index < -0.39 is 0 Å². The number of hydrogen-bond acceptors (Lipinski definition) is 3. The van der Waals surface area contributed by atoms with E-state index in [4.69, 9.17) is 5.11 Å². The predicted octanol–water partition coefficient (Wildman–Crippen LogP) is 2.60. The highest BCUT2D eigenvalue weighted by atomic mass is 32.2. The Kier molecular flexibility index (Phi) is 6.80. The topological polar surface area (TPSA) is 49.3 Å². The van der Waals surface area contributed by atoms with Crippen molar-refractivity contribution < 1.29 is 9.90 Å². The third-order valence-corrected chi connectivity index (χ3v) is 4.36. The Labute approximate surface area is 131 Å². The van der Waals surface area contributed by atoms with Crippen molar-refractivity contribution in [1.82, 2.24) is 5.32 Å². The summed E-state index contributed by atoms with van der Waals surface area (Å²) in [5.41, 5.74) is 2.36. The van der Waals surface area contributed by atoms with Gasteiger partial charge in [-0.05, 0) is 44.7 Å². The number of carbonyl (C=O) groups is 1. The van der Waals surface area contributed by atoms with E-state index in [0.717, 1.165) is 5.56 Å². The van der Waals surface area contributed by atoms with Crippen LogP contribution in [0.25, 0.3) is 0 Å². The summed E-state index contributed by atoms with van der Waals surface area (Å²) >= 11 is 1.72. The van der Waals surface area contributed by atoms with Crippen molar-refractivity contribution in [2.45, 2.75) is 31.9 Å². The first kappa shape index (κ1) is 17.6. The molecule has 0 fully saturated rings. The van der Waals surface area contributed by atoms with Crippen LogP contribution >= 0.6 is 11.8 Å². The third-order valence-electron chi connectivity index (χ3n) is 3.11. The Morgan fingerprint density at radius 1 is 1.43 bits per heavy atom. The minimum Gasteiger partial charge on any atom is -0.395 e. The Morgan fingerprint density at radius 3 is 2.76 bits per heavy atom. The van der Waals surface area contributed by atoms with E-state index in [2.05, 4.69) is 31.0 Å². The fraction of sp³-hybridized carbons (Fsp3) is 0.471. The molecule has 2 N–H and O–H groups in total. The van der Waals surface area contributed by atoms with Gasteiger partial charge in [-0.1, -0.05) is 17.9 Å². The molecule has 0 atom stereocenters. The summed E-state index contributed by atoms with van der Waals surface area (Å²) in [4.78, 5) is 12.3. The van der Waals surface area contributed by atoms with Gasteiger partial charge in [-0.15, -0.1) is 0 Å². The first-order chi connectivity index (χ1) is 9.89. The standard InChI is InChI=1S/C17H23NO2S/c1-13-8-9-15(14(11-13)7-5-6-10-19)16(20)18-12-17(2,3)21-4/h8-9,11,19H,6,10,12H2,1-4H3,(H,18,20). The second kappa shape index (κ2) is 8.11.